The maximum Gasteiger partial charge on any atom is 0.243 e. The zero-order chi connectivity index (χ0) is 16.1. The molecule has 22 heavy (non-hydrogen) atoms. The van der Waals surface area contributed by atoms with Crippen molar-refractivity contribution in [2.75, 3.05) is 6.54 Å². The third kappa shape index (κ3) is 4.29. The fraction of sp³-hybridized carbons (Fsp3) is 0.688. The Balaban J connectivity index is 2.07. The summed E-state index contributed by atoms with van der Waals surface area (Å²) in [5.74, 6) is 0.404. The molecule has 0 spiro atoms. The smallest absolute Gasteiger partial charge is 0.243 e. The molecule has 5 nitrogen and oxygen atoms in total. The molecule has 1 aliphatic rings. The molecule has 0 saturated carbocycles. The highest BCUT2D eigenvalue weighted by atomic mass is 32.1. The molecule has 2 rings (SSSR count). The van der Waals surface area contributed by atoms with E-state index in [4.69, 9.17) is 0 Å². The number of nitrogens with zero attached hydrogens (tertiary/aromatic N) is 2. The van der Waals surface area contributed by atoms with Gasteiger partial charge in [0, 0.05) is 24.5 Å². The second-order valence-corrected chi connectivity index (χ2v) is 7.22. The fourth-order valence-electron chi connectivity index (χ4n) is 2.80. The highest BCUT2D eigenvalue weighted by molar-refractivity contribution is 7.09. The number of thiazole rings is 1. The highest BCUT2D eigenvalue weighted by Gasteiger charge is 2.32. The van der Waals surface area contributed by atoms with Crippen molar-refractivity contribution >= 4 is 23.2 Å². The van der Waals surface area contributed by atoms with Gasteiger partial charge in [-0.2, -0.15) is 0 Å². The third-order valence-electron chi connectivity index (χ3n) is 3.91. The minimum absolute atomic E-state index is 0.0633. The van der Waals surface area contributed by atoms with E-state index in [1.807, 2.05) is 12.3 Å². The summed E-state index contributed by atoms with van der Waals surface area (Å²) in [6.45, 7) is 6.79. The molecule has 1 aromatic rings. The van der Waals surface area contributed by atoms with Crippen LogP contribution in [-0.2, 0) is 9.59 Å². The summed E-state index contributed by atoms with van der Waals surface area (Å²) in [7, 11) is 0. The normalized spacial score (nSPS) is 18.4. The number of aromatic nitrogens is 1. The number of hydrogen-bond donors (Lipinski definition) is 1. The van der Waals surface area contributed by atoms with E-state index in [0.717, 1.165) is 17.8 Å². The van der Waals surface area contributed by atoms with Gasteiger partial charge >= 0.3 is 0 Å². The molecule has 0 bridgehead atoms. The van der Waals surface area contributed by atoms with Crippen molar-refractivity contribution in [3.63, 3.8) is 0 Å². The molecule has 0 radical (unpaired) electrons. The van der Waals surface area contributed by atoms with Crippen LogP contribution in [0.4, 0.5) is 0 Å². The van der Waals surface area contributed by atoms with Gasteiger partial charge in [0.05, 0.1) is 6.04 Å². The summed E-state index contributed by atoms with van der Waals surface area (Å²) in [6.07, 6.45) is 4.91. The largest absolute Gasteiger partial charge is 0.345 e. The first-order chi connectivity index (χ1) is 10.5. The lowest BCUT2D eigenvalue weighted by molar-refractivity contribution is -0.143. The number of likely N-dealkylation sites (tertiary alicyclic amines) is 1. The van der Waals surface area contributed by atoms with Gasteiger partial charge in [-0.1, -0.05) is 13.8 Å². The predicted octanol–water partition coefficient (Wildman–Crippen LogP) is 2.75. The second kappa shape index (κ2) is 7.72. The monoisotopic (exact) mass is 323 g/mol. The van der Waals surface area contributed by atoms with Crippen LogP contribution in [0.3, 0.4) is 0 Å². The first-order valence-electron chi connectivity index (χ1n) is 7.98. The standard InChI is InChI=1S/C16H25N3O2S/c1-11(2)10-13(19-8-5-4-6-14(19)20)15(21)18-12(3)16-17-7-9-22-16/h7,9,11-13H,4-6,8,10H2,1-3H3,(H,18,21). The number of amides is 2. The lowest BCUT2D eigenvalue weighted by Crippen LogP contribution is -2.52. The Morgan fingerprint density at radius 1 is 1.41 bits per heavy atom. The number of piperidine rings is 1. The van der Waals surface area contributed by atoms with Crippen LogP contribution in [0.2, 0.25) is 0 Å². The van der Waals surface area contributed by atoms with Gasteiger partial charge in [-0.3, -0.25) is 9.59 Å². The molecule has 6 heteroatoms. The maximum atomic E-state index is 12.7. The van der Waals surface area contributed by atoms with Crippen molar-refractivity contribution < 1.29 is 9.59 Å². The van der Waals surface area contributed by atoms with Crippen LogP contribution in [0, 0.1) is 5.92 Å². The molecular formula is C16H25N3O2S. The number of hydrogen-bond acceptors (Lipinski definition) is 4. The molecule has 2 heterocycles. The zero-order valence-electron chi connectivity index (χ0n) is 13.5. The summed E-state index contributed by atoms with van der Waals surface area (Å²) in [5, 5.41) is 5.81. The SMILES string of the molecule is CC(C)CC(C(=O)NC(C)c1nccs1)N1CCCCC1=O. The number of nitrogens with one attached hydrogen (secondary N) is 1. The first kappa shape index (κ1) is 16.9. The molecule has 0 aromatic carbocycles. The molecule has 1 N–H and O–H groups in total. The van der Waals surface area contributed by atoms with Crippen molar-refractivity contribution in [3.05, 3.63) is 16.6 Å². The molecule has 2 amide bonds. The molecule has 122 valence electrons. The van der Waals surface area contributed by atoms with E-state index in [0.29, 0.717) is 25.3 Å². The second-order valence-electron chi connectivity index (χ2n) is 6.29. The van der Waals surface area contributed by atoms with Gasteiger partial charge in [0.15, 0.2) is 0 Å². The summed E-state index contributed by atoms with van der Waals surface area (Å²) in [4.78, 5) is 30.9. The minimum atomic E-state index is -0.366. The van der Waals surface area contributed by atoms with E-state index in [9.17, 15) is 9.59 Å². The summed E-state index contributed by atoms with van der Waals surface area (Å²) in [5.41, 5.74) is 0. The van der Waals surface area contributed by atoms with Gasteiger partial charge < -0.3 is 10.2 Å². The summed E-state index contributed by atoms with van der Waals surface area (Å²) < 4.78 is 0. The van der Waals surface area contributed by atoms with Crippen molar-refractivity contribution in [1.82, 2.24) is 15.2 Å². The highest BCUT2D eigenvalue weighted by Crippen LogP contribution is 2.21. The molecule has 1 fully saturated rings. The Kier molecular flexibility index (Phi) is 5.94. The topological polar surface area (TPSA) is 62.3 Å². The van der Waals surface area contributed by atoms with E-state index in [1.165, 1.54) is 11.3 Å². The number of carbonyl (C=O) groups excluding carboxylic acids is 2. The van der Waals surface area contributed by atoms with Crippen molar-refractivity contribution in [2.45, 2.75) is 58.5 Å². The van der Waals surface area contributed by atoms with Crippen LogP contribution in [0.5, 0.6) is 0 Å². The van der Waals surface area contributed by atoms with Crippen LogP contribution in [0.1, 0.15) is 57.5 Å². The maximum absolute atomic E-state index is 12.7. The Labute approximate surface area is 136 Å². The summed E-state index contributed by atoms with van der Waals surface area (Å²) >= 11 is 1.53. The number of carbonyl (C=O) groups is 2. The quantitative estimate of drug-likeness (QED) is 0.875. The van der Waals surface area contributed by atoms with Crippen LogP contribution in [0.25, 0.3) is 0 Å². The molecule has 1 aliphatic heterocycles. The van der Waals surface area contributed by atoms with Gasteiger partial charge in [-0.05, 0) is 32.1 Å². The van der Waals surface area contributed by atoms with Gasteiger partial charge in [-0.25, -0.2) is 4.98 Å². The first-order valence-corrected chi connectivity index (χ1v) is 8.86. The van der Waals surface area contributed by atoms with Crippen molar-refractivity contribution in [2.24, 2.45) is 5.92 Å². The van der Waals surface area contributed by atoms with E-state index in [-0.39, 0.29) is 23.9 Å². The molecule has 2 unspecified atom stereocenters. The van der Waals surface area contributed by atoms with Crippen LogP contribution >= 0.6 is 11.3 Å². The van der Waals surface area contributed by atoms with Gasteiger partial charge in [0.25, 0.3) is 0 Å². The van der Waals surface area contributed by atoms with E-state index in [1.54, 1.807) is 11.1 Å². The van der Waals surface area contributed by atoms with Crippen LogP contribution in [0.15, 0.2) is 11.6 Å². The van der Waals surface area contributed by atoms with E-state index in [2.05, 4.69) is 24.1 Å². The Bertz CT molecular complexity index is 501. The lowest BCUT2D eigenvalue weighted by atomic mass is 9.98. The van der Waals surface area contributed by atoms with Crippen molar-refractivity contribution in [1.29, 1.82) is 0 Å². The Hall–Kier alpha value is -1.43. The predicted molar refractivity (Wildman–Crippen MR) is 87.5 cm³/mol. The number of rotatable bonds is 6. The van der Waals surface area contributed by atoms with Gasteiger partial charge in [-0.15, -0.1) is 11.3 Å². The van der Waals surface area contributed by atoms with E-state index < -0.39 is 0 Å². The van der Waals surface area contributed by atoms with Gasteiger partial charge in [0.1, 0.15) is 11.0 Å². The molecular weight excluding hydrogens is 298 g/mol. The fourth-order valence-corrected chi connectivity index (χ4v) is 3.44. The molecule has 2 atom stereocenters. The van der Waals surface area contributed by atoms with Crippen LogP contribution in [-0.4, -0.2) is 34.3 Å². The Morgan fingerprint density at radius 2 is 2.18 bits per heavy atom. The summed E-state index contributed by atoms with van der Waals surface area (Å²) in [6, 6.07) is -0.489. The molecule has 1 aromatic heterocycles. The lowest BCUT2D eigenvalue weighted by Gasteiger charge is -2.35. The minimum Gasteiger partial charge on any atom is -0.345 e. The van der Waals surface area contributed by atoms with E-state index >= 15 is 0 Å². The van der Waals surface area contributed by atoms with Crippen molar-refractivity contribution in [3.8, 4) is 0 Å². The molecule has 0 aliphatic carbocycles. The third-order valence-corrected chi connectivity index (χ3v) is 4.87. The molecule has 1 saturated heterocycles. The van der Waals surface area contributed by atoms with Crippen LogP contribution < -0.4 is 5.32 Å². The zero-order valence-corrected chi connectivity index (χ0v) is 14.4. The van der Waals surface area contributed by atoms with Gasteiger partial charge in [0.2, 0.25) is 11.8 Å². The average molecular weight is 323 g/mol. The average Bonchev–Trinajstić information content (AvgIpc) is 2.99. The Morgan fingerprint density at radius 3 is 2.77 bits per heavy atom.